The number of likely N-dealkylation sites (tertiary alicyclic amines) is 3. The summed E-state index contributed by atoms with van der Waals surface area (Å²) < 4.78 is 84.6. The summed E-state index contributed by atoms with van der Waals surface area (Å²) in [7, 11) is -9.74. The molecule has 103 heavy (non-hydrogen) atoms. The van der Waals surface area contributed by atoms with Gasteiger partial charge in [0.2, 0.25) is 0 Å². The lowest BCUT2D eigenvalue weighted by Gasteiger charge is -2.42. The highest BCUT2D eigenvalue weighted by Crippen LogP contribution is 2.47. The normalized spacial score (nSPS) is 22.0. The van der Waals surface area contributed by atoms with Crippen LogP contribution >= 0.6 is 0 Å². The van der Waals surface area contributed by atoms with Crippen molar-refractivity contribution < 1.29 is 25.3 Å². The van der Waals surface area contributed by atoms with E-state index in [2.05, 4.69) is 112 Å². The Hall–Kier alpha value is -8.63. The first-order valence-electron chi connectivity index (χ1n) is 36.4. The Balaban J connectivity index is 0.000000125. The summed E-state index contributed by atoms with van der Waals surface area (Å²) in [4.78, 5) is 34.2. The van der Waals surface area contributed by atoms with Gasteiger partial charge in [-0.2, -0.15) is 12.7 Å². The lowest BCUT2D eigenvalue weighted by Crippen LogP contribution is -2.43. The number of hydrogen-bond acceptors (Lipinski definition) is 18. The topological polar surface area (TPSA) is 298 Å². The van der Waals surface area contributed by atoms with Crippen LogP contribution in [0.15, 0.2) is 153 Å². The molecular weight excluding hydrogens is 1360 g/mol. The van der Waals surface area contributed by atoms with Gasteiger partial charge in [0.15, 0.2) is 9.84 Å². The molecule has 23 nitrogen and oxygen atoms in total. The first kappa shape index (κ1) is 70.1. The van der Waals surface area contributed by atoms with Crippen LogP contribution in [0.1, 0.15) is 105 Å². The number of anilines is 3. The van der Waals surface area contributed by atoms with Gasteiger partial charge in [-0.05, 0) is 173 Å². The van der Waals surface area contributed by atoms with Crippen LogP contribution in [0.4, 0.5) is 17.5 Å². The highest BCUT2D eigenvalue weighted by molar-refractivity contribution is 7.91. The van der Waals surface area contributed by atoms with Gasteiger partial charge in [-0.15, -0.1) is 0 Å². The van der Waals surface area contributed by atoms with Crippen molar-refractivity contribution in [2.24, 2.45) is 17.8 Å². The second-order valence-electron chi connectivity index (χ2n) is 29.6. The second-order valence-corrected chi connectivity index (χ2v) is 35.9. The number of nitrogens with zero attached hydrogens (tertiary/aromatic N) is 13. The Labute approximate surface area is 603 Å². The van der Waals surface area contributed by atoms with Crippen molar-refractivity contribution in [1.29, 1.82) is 0 Å². The van der Waals surface area contributed by atoms with E-state index in [1.165, 1.54) is 102 Å². The lowest BCUT2D eigenvalue weighted by molar-refractivity contribution is 0.0921. The van der Waals surface area contributed by atoms with E-state index in [9.17, 15) is 25.3 Å². The van der Waals surface area contributed by atoms with Crippen molar-refractivity contribution in [3.05, 3.63) is 175 Å². The molecule has 0 atom stereocenters. The smallest absolute Gasteiger partial charge is 0.302 e. The lowest BCUT2D eigenvalue weighted by atomic mass is 9.79. The third kappa shape index (κ3) is 15.5. The van der Waals surface area contributed by atoms with E-state index in [1.807, 2.05) is 78.9 Å². The number of aromatic nitrogens is 9. The monoisotopic (exact) mass is 1450 g/mol. The number of nitrogen functional groups attached to an aromatic ring is 3. The summed E-state index contributed by atoms with van der Waals surface area (Å²) in [5.41, 5.74) is 31.9. The zero-order chi connectivity index (χ0) is 71.2. The molecule has 3 aliphatic carbocycles. The summed E-state index contributed by atoms with van der Waals surface area (Å²) in [5.74, 6) is 4.17. The third-order valence-corrected chi connectivity index (χ3v) is 27.0. The van der Waals surface area contributed by atoms with E-state index >= 15 is 0 Å². The van der Waals surface area contributed by atoms with E-state index in [-0.39, 0.29) is 36.1 Å². The molecule has 540 valence electrons. The second kappa shape index (κ2) is 29.5. The van der Waals surface area contributed by atoms with E-state index in [0.29, 0.717) is 54.1 Å². The van der Waals surface area contributed by atoms with E-state index in [1.54, 1.807) is 19.6 Å². The van der Waals surface area contributed by atoms with Crippen LogP contribution < -0.4 is 21.9 Å². The van der Waals surface area contributed by atoms with Gasteiger partial charge in [0, 0.05) is 91.0 Å². The fourth-order valence-electron chi connectivity index (χ4n) is 16.0. The number of rotatable bonds is 23. The summed E-state index contributed by atoms with van der Waals surface area (Å²) in [5, 5.41) is 2.62. The van der Waals surface area contributed by atoms with E-state index in [4.69, 9.17) is 17.2 Å². The highest BCUT2D eigenvalue weighted by atomic mass is 32.2. The van der Waals surface area contributed by atoms with Crippen molar-refractivity contribution in [3.8, 4) is 33.4 Å². The number of benzene rings is 4. The average Bonchev–Trinajstić information content (AvgIpc) is 1.62. The minimum atomic E-state index is -3.53. The fourth-order valence-corrected chi connectivity index (χ4v) is 19.4. The maximum Gasteiger partial charge on any atom is 0.302 e. The van der Waals surface area contributed by atoms with Crippen LogP contribution in [-0.2, 0) is 55.0 Å². The van der Waals surface area contributed by atoms with Gasteiger partial charge in [-0.1, -0.05) is 111 Å². The predicted octanol–water partition coefficient (Wildman–Crippen LogP) is 10.3. The van der Waals surface area contributed by atoms with Crippen molar-refractivity contribution in [2.45, 2.75) is 108 Å². The molecule has 0 bridgehead atoms. The maximum absolute atomic E-state index is 12.7. The SMILES string of the molecule is C=C1CN(Cc2cccc(-c3cn(C4CC(CN5CCC5)C4)c4ncnc(N)c34)c2)S(=O)(=O)N1.CCS(=O)(=O)CCc1cccc(-c2cn(C3CC(CN4CCC4)C3)c3ncnc(N)c23)c1.Nc1ncnc2c1c(-c1cccc(CCS(=O)(=O)Cc3ccccc3)c1)cn2C1CC(CN2CCC2)C1. The number of nitrogens with two attached hydrogens (primary N) is 3. The van der Waals surface area contributed by atoms with Gasteiger partial charge in [-0.3, -0.25) is 4.72 Å². The minimum absolute atomic E-state index is 0.0645. The summed E-state index contributed by atoms with van der Waals surface area (Å²) in [6.07, 6.45) is 23.0. The average molecular weight is 1450 g/mol. The van der Waals surface area contributed by atoms with E-state index < -0.39 is 29.9 Å². The quantitative estimate of drug-likeness (QED) is 0.0463. The van der Waals surface area contributed by atoms with Crippen LogP contribution in [0.2, 0.25) is 0 Å². The van der Waals surface area contributed by atoms with Crippen LogP contribution in [0.5, 0.6) is 0 Å². The van der Waals surface area contributed by atoms with E-state index in [0.717, 1.165) is 132 Å². The van der Waals surface area contributed by atoms with Gasteiger partial charge in [0.25, 0.3) is 0 Å². The van der Waals surface area contributed by atoms with Gasteiger partial charge < -0.3 is 45.6 Å². The van der Waals surface area contributed by atoms with Gasteiger partial charge in [0.1, 0.15) is 63.2 Å². The Morgan fingerprint density at radius 1 is 0.485 bits per heavy atom. The van der Waals surface area contributed by atoms with Crippen LogP contribution in [-0.4, -0.2) is 171 Å². The summed E-state index contributed by atoms with van der Waals surface area (Å²) in [6.45, 7) is 17.0. The molecule has 0 spiro atoms. The number of aryl methyl sites for hydroxylation is 2. The molecule has 4 saturated heterocycles. The summed E-state index contributed by atoms with van der Waals surface area (Å²) >= 11 is 0. The van der Waals surface area contributed by atoms with Crippen LogP contribution in [0, 0.1) is 17.8 Å². The Morgan fingerprint density at radius 3 is 1.21 bits per heavy atom. The summed E-state index contributed by atoms with van der Waals surface area (Å²) in [6, 6.07) is 34.8. The molecule has 0 radical (unpaired) electrons. The Kier molecular flexibility index (Phi) is 20.1. The van der Waals surface area contributed by atoms with Crippen LogP contribution in [0.25, 0.3) is 66.5 Å². The number of fused-ring (bicyclic) bond motifs is 3. The van der Waals surface area contributed by atoms with Gasteiger partial charge in [0.05, 0.1) is 40.0 Å². The minimum Gasteiger partial charge on any atom is -0.383 e. The van der Waals surface area contributed by atoms with Gasteiger partial charge >= 0.3 is 10.2 Å². The van der Waals surface area contributed by atoms with Gasteiger partial charge in [-0.25, -0.2) is 46.7 Å². The predicted molar refractivity (Wildman–Crippen MR) is 408 cm³/mol. The standard InChI is InChI=1S/C29H33N5O2S.C24H29N7O2S.C24H31N5O2S/c30-28-27-26(18-34(29(27)32-20-31-28)25-15-23(16-25)17-33-11-5-12-33)24-9-4-8-21(14-24)10-13-37(35,36)19-22-6-2-1-3-7-22;1-16-11-30(34(32,33)28-16)13-17-4-2-5-19(8-17)21-14-31(24-22(21)23(25)26-15-27-24)20-9-18(10-20)12-29-6-3-7-29;1-2-32(30,31)10-7-17-5-3-6-19(11-17)21-15-29(24-22(21)23(25)26-16-27-24)20-12-18(13-20)14-28-8-4-9-28/h1-4,6-9,14,18,20,23,25H,5,10-13,15-17,19H2,(H2,30,31,32);2,4-5,8,14-15,18,20,28H,1,3,6-7,9-13H2,(H2,25,26,27);3,5-6,11,15-16,18,20H,2,4,7-10,12-14H2,1H3,(H2,25,26,27). The molecule has 26 heteroatoms. The molecule has 0 unspecified atom stereocenters. The number of nitrogens with one attached hydrogen (secondary N) is 1. The number of sulfone groups is 2. The molecule has 7 aliphatic rings. The first-order chi connectivity index (χ1) is 49.8. The molecular formula is C77H93N17O6S3. The largest absolute Gasteiger partial charge is 0.383 e. The highest BCUT2D eigenvalue weighted by Gasteiger charge is 2.38. The van der Waals surface area contributed by atoms with Crippen molar-refractivity contribution in [1.82, 2.24) is 67.3 Å². The molecule has 17 rings (SSSR count). The molecule has 7 N–H and O–H groups in total. The zero-order valence-corrected chi connectivity index (χ0v) is 61.0. The molecule has 7 fully saturated rings. The molecule has 6 aromatic heterocycles. The van der Waals surface area contributed by atoms with Crippen molar-refractivity contribution >= 4 is 80.4 Å². The Bertz CT molecular complexity index is 5110. The van der Waals surface area contributed by atoms with Crippen molar-refractivity contribution in [3.63, 3.8) is 0 Å². The maximum atomic E-state index is 12.7. The molecule has 4 aromatic carbocycles. The Morgan fingerprint density at radius 2 is 0.854 bits per heavy atom. The third-order valence-electron chi connectivity index (χ3n) is 22.2. The molecule has 0 amide bonds. The fraction of sp³-hybridized carbons (Fsp3) is 0.429. The first-order valence-corrected chi connectivity index (χ1v) is 41.5. The molecule has 3 saturated carbocycles. The zero-order valence-electron chi connectivity index (χ0n) is 58.6. The molecule has 4 aliphatic heterocycles. The molecule has 10 heterocycles. The number of hydrogen-bond donors (Lipinski definition) is 4. The van der Waals surface area contributed by atoms with Crippen molar-refractivity contribution in [2.75, 3.05) is 99.9 Å². The van der Waals surface area contributed by atoms with Crippen LogP contribution in [0.3, 0.4) is 0 Å². The molecule has 10 aromatic rings.